The van der Waals surface area contributed by atoms with Gasteiger partial charge in [0.25, 0.3) is 0 Å². The highest BCUT2D eigenvalue weighted by Gasteiger charge is 2.39. The zero-order valence-corrected chi connectivity index (χ0v) is 33.0. The van der Waals surface area contributed by atoms with Crippen LogP contribution in [0.15, 0.2) is 180 Å². The number of rotatable bonds is 3. The summed E-state index contributed by atoms with van der Waals surface area (Å²) in [6.07, 6.45) is 0. The van der Waals surface area contributed by atoms with Crippen LogP contribution in [0.25, 0.3) is 121 Å². The van der Waals surface area contributed by atoms with Crippen molar-refractivity contribution in [2.75, 3.05) is 0 Å². The van der Waals surface area contributed by atoms with Gasteiger partial charge in [0.2, 0.25) is 0 Å². The molecule has 12 aromatic rings. The van der Waals surface area contributed by atoms with Gasteiger partial charge >= 0.3 is 0 Å². The fraction of sp³-hybridized carbons (Fsp3) is 0.0536. The van der Waals surface area contributed by atoms with Crippen molar-refractivity contribution in [3.63, 3.8) is 0 Å². The van der Waals surface area contributed by atoms with E-state index >= 15 is 0 Å². The number of para-hydroxylation sites is 1. The van der Waals surface area contributed by atoms with Crippen molar-refractivity contribution in [1.29, 1.82) is 0 Å². The number of aromatic nitrogens is 3. The Bertz CT molecular complexity index is 3820. The predicted octanol–water partition coefficient (Wildman–Crippen LogP) is 14.8. The van der Waals surface area contributed by atoms with Crippen LogP contribution in [0.2, 0.25) is 0 Å². The number of hydrogen-bond acceptors (Lipinski definition) is 4. The molecule has 0 unspecified atom stereocenters. The molecule has 10 aromatic carbocycles. The van der Waals surface area contributed by atoms with Gasteiger partial charge in [-0.15, -0.1) is 0 Å². The lowest BCUT2D eigenvalue weighted by molar-refractivity contribution is 0.653. The third-order valence-corrected chi connectivity index (χ3v) is 13.1. The molecule has 4 heteroatoms. The van der Waals surface area contributed by atoms with E-state index in [0.29, 0.717) is 17.5 Å². The second-order valence-electron chi connectivity index (χ2n) is 16.7. The highest BCUT2D eigenvalue weighted by atomic mass is 16.3. The van der Waals surface area contributed by atoms with E-state index in [-0.39, 0.29) is 5.41 Å². The lowest BCUT2D eigenvalue weighted by Crippen LogP contribution is -2.15. The zero-order chi connectivity index (χ0) is 39.7. The Morgan fingerprint density at radius 2 is 0.933 bits per heavy atom. The van der Waals surface area contributed by atoms with Gasteiger partial charge in [-0.2, -0.15) is 0 Å². The van der Waals surface area contributed by atoms with E-state index in [1.165, 1.54) is 59.8 Å². The standard InChI is InChI=1S/C56H35N3O/c1-56(2)47-17-9-7-15-43(47)51-48(56)31-46(50-44-16-8-10-18-49(44)60-52(50)51)55-58-53(36-21-19-32-11-3-4-13-35(32)29-36)57-54(59-55)37-22-20-34-24-26-41-40-25-23-33-12-5-6-14-38(33)39(40)27-28-42(41)45(34)30-37/h3-31H,1-2H3. The smallest absolute Gasteiger partial charge is 0.164 e. The molecule has 0 amide bonds. The Labute approximate surface area is 345 Å². The van der Waals surface area contributed by atoms with E-state index in [9.17, 15) is 0 Å². The van der Waals surface area contributed by atoms with Crippen LogP contribution in [-0.4, -0.2) is 15.0 Å². The van der Waals surface area contributed by atoms with Crippen LogP contribution >= 0.6 is 0 Å². The minimum Gasteiger partial charge on any atom is -0.455 e. The normalized spacial score (nSPS) is 13.3. The topological polar surface area (TPSA) is 51.8 Å². The van der Waals surface area contributed by atoms with E-state index in [0.717, 1.165) is 55.0 Å². The molecule has 0 saturated carbocycles. The number of fused-ring (bicyclic) bond motifs is 15. The molecule has 0 bridgehead atoms. The Hall–Kier alpha value is -7.69. The molecule has 0 radical (unpaired) electrons. The maximum atomic E-state index is 6.86. The monoisotopic (exact) mass is 765 g/mol. The van der Waals surface area contributed by atoms with Gasteiger partial charge in [-0.1, -0.05) is 166 Å². The van der Waals surface area contributed by atoms with E-state index < -0.39 is 0 Å². The largest absolute Gasteiger partial charge is 0.455 e. The quantitative estimate of drug-likeness (QED) is 0.168. The lowest BCUT2D eigenvalue weighted by Gasteiger charge is -2.22. The summed E-state index contributed by atoms with van der Waals surface area (Å²) >= 11 is 0. The maximum absolute atomic E-state index is 6.86. The van der Waals surface area contributed by atoms with Gasteiger partial charge in [-0.3, -0.25) is 0 Å². The van der Waals surface area contributed by atoms with E-state index in [1.54, 1.807) is 0 Å². The maximum Gasteiger partial charge on any atom is 0.164 e. The van der Waals surface area contributed by atoms with Gasteiger partial charge in [0.1, 0.15) is 11.2 Å². The molecular formula is C56H35N3O. The molecule has 2 heterocycles. The van der Waals surface area contributed by atoms with Gasteiger partial charge in [-0.05, 0) is 94.8 Å². The molecule has 0 N–H and O–H groups in total. The molecule has 0 fully saturated rings. The molecular weight excluding hydrogens is 731 g/mol. The lowest BCUT2D eigenvalue weighted by atomic mass is 9.81. The molecule has 0 spiro atoms. The first-order chi connectivity index (χ1) is 29.5. The highest BCUT2D eigenvalue weighted by Crippen LogP contribution is 2.54. The van der Waals surface area contributed by atoms with Gasteiger partial charge in [0.15, 0.2) is 17.5 Å². The summed E-state index contributed by atoms with van der Waals surface area (Å²) in [7, 11) is 0. The Kier molecular flexibility index (Phi) is 6.75. The summed E-state index contributed by atoms with van der Waals surface area (Å²) < 4.78 is 6.86. The summed E-state index contributed by atoms with van der Waals surface area (Å²) in [6, 6.07) is 63.1. The fourth-order valence-electron chi connectivity index (χ4n) is 10.1. The van der Waals surface area contributed by atoms with Gasteiger partial charge < -0.3 is 4.42 Å². The number of hydrogen-bond donors (Lipinski definition) is 0. The van der Waals surface area contributed by atoms with Crippen LogP contribution < -0.4 is 0 Å². The molecule has 13 rings (SSSR count). The van der Waals surface area contributed by atoms with Crippen molar-refractivity contribution in [1.82, 2.24) is 15.0 Å². The van der Waals surface area contributed by atoms with Crippen LogP contribution in [0.1, 0.15) is 25.0 Å². The number of benzene rings is 10. The van der Waals surface area contributed by atoms with Crippen molar-refractivity contribution in [3.05, 3.63) is 187 Å². The van der Waals surface area contributed by atoms with Crippen LogP contribution in [0.4, 0.5) is 0 Å². The van der Waals surface area contributed by atoms with Crippen molar-refractivity contribution < 1.29 is 4.42 Å². The van der Waals surface area contributed by atoms with E-state index in [4.69, 9.17) is 19.4 Å². The third-order valence-electron chi connectivity index (χ3n) is 13.1. The number of furan rings is 1. The fourth-order valence-corrected chi connectivity index (χ4v) is 10.1. The van der Waals surface area contributed by atoms with Crippen molar-refractivity contribution in [2.45, 2.75) is 19.3 Å². The molecule has 1 aliphatic carbocycles. The molecule has 0 saturated heterocycles. The summed E-state index contributed by atoms with van der Waals surface area (Å²) in [5, 5.41) is 14.1. The Morgan fingerprint density at radius 1 is 0.383 bits per heavy atom. The summed E-state index contributed by atoms with van der Waals surface area (Å²) in [5.41, 5.74) is 9.11. The average molecular weight is 766 g/mol. The first-order valence-corrected chi connectivity index (χ1v) is 20.6. The summed E-state index contributed by atoms with van der Waals surface area (Å²) in [5.74, 6) is 1.86. The second kappa shape index (κ2) is 12.2. The van der Waals surface area contributed by atoms with Crippen LogP contribution in [-0.2, 0) is 5.41 Å². The summed E-state index contributed by atoms with van der Waals surface area (Å²) in [6.45, 7) is 4.61. The Morgan fingerprint density at radius 3 is 1.73 bits per heavy atom. The van der Waals surface area contributed by atoms with Crippen molar-refractivity contribution in [3.8, 4) is 45.3 Å². The first kappa shape index (κ1) is 33.3. The first-order valence-electron chi connectivity index (χ1n) is 20.6. The summed E-state index contributed by atoms with van der Waals surface area (Å²) in [4.78, 5) is 16.1. The molecule has 2 aromatic heterocycles. The van der Waals surface area contributed by atoms with Crippen LogP contribution in [0, 0.1) is 0 Å². The van der Waals surface area contributed by atoms with Crippen molar-refractivity contribution >= 4 is 75.8 Å². The minimum absolute atomic E-state index is 0.263. The molecule has 60 heavy (non-hydrogen) atoms. The number of nitrogens with zero attached hydrogens (tertiary/aromatic N) is 3. The van der Waals surface area contributed by atoms with Gasteiger partial charge in [0, 0.05) is 38.4 Å². The minimum atomic E-state index is -0.263. The van der Waals surface area contributed by atoms with Gasteiger partial charge in [-0.25, -0.2) is 15.0 Å². The molecule has 280 valence electrons. The van der Waals surface area contributed by atoms with Crippen LogP contribution in [0.3, 0.4) is 0 Å². The van der Waals surface area contributed by atoms with Gasteiger partial charge in [0.05, 0.1) is 0 Å². The van der Waals surface area contributed by atoms with Crippen molar-refractivity contribution in [2.24, 2.45) is 0 Å². The third kappa shape index (κ3) is 4.70. The van der Waals surface area contributed by atoms with E-state index in [1.807, 2.05) is 6.07 Å². The van der Waals surface area contributed by atoms with Crippen LogP contribution in [0.5, 0.6) is 0 Å². The predicted molar refractivity (Wildman–Crippen MR) is 249 cm³/mol. The highest BCUT2D eigenvalue weighted by molar-refractivity contribution is 6.22. The van der Waals surface area contributed by atoms with E-state index in [2.05, 4.69) is 184 Å². The average Bonchev–Trinajstić information content (AvgIpc) is 3.80. The zero-order valence-electron chi connectivity index (χ0n) is 33.0. The molecule has 0 aliphatic heterocycles. The second-order valence-corrected chi connectivity index (χ2v) is 16.7. The SMILES string of the molecule is CC1(C)c2ccccc2-c2c1cc(-c1nc(-c3ccc4ccccc4c3)nc(-c3ccc4ccc5c(ccc6c7ccccc7ccc65)c4c3)n1)c1c2oc2ccccc21. The molecule has 1 aliphatic rings. The molecule has 0 atom stereocenters. The molecule has 4 nitrogen and oxygen atoms in total. The Balaban J connectivity index is 1.09.